The Morgan fingerprint density at radius 3 is 1.25 bits per heavy atom. The van der Waals surface area contributed by atoms with Crippen molar-refractivity contribution in [3.05, 3.63) is 261 Å². The van der Waals surface area contributed by atoms with E-state index in [0.717, 1.165) is 22.4 Å². The van der Waals surface area contributed by atoms with Crippen molar-refractivity contribution in [3.8, 4) is 61.6 Å². The molecule has 0 aliphatic carbocycles. The topological polar surface area (TPSA) is 14.8 Å². The molecule has 3 aromatic heterocycles. The molecule has 0 atom stereocenters. The van der Waals surface area contributed by atoms with E-state index in [-0.39, 0.29) is 0 Å². The molecule has 0 radical (unpaired) electrons. The van der Waals surface area contributed by atoms with Crippen molar-refractivity contribution in [1.82, 2.24) is 13.7 Å². The third kappa shape index (κ3) is 5.94. The van der Waals surface area contributed by atoms with Gasteiger partial charge in [0.2, 0.25) is 0 Å². The lowest BCUT2D eigenvalue weighted by Crippen LogP contribution is -2.01. The van der Waals surface area contributed by atoms with E-state index < -0.39 is 0 Å². The molecule has 0 spiro atoms. The van der Waals surface area contributed by atoms with Crippen LogP contribution >= 0.6 is 0 Å². The quantitative estimate of drug-likeness (QED) is 0.152. The lowest BCUT2D eigenvalue weighted by molar-refractivity contribution is 1.17. The van der Waals surface area contributed by atoms with Gasteiger partial charge in [-0.2, -0.15) is 0 Å². The molecule has 14 aromatic rings. The zero-order valence-electron chi connectivity index (χ0n) is 37.7. The van der Waals surface area contributed by atoms with Gasteiger partial charge in [0.1, 0.15) is 0 Å². The van der Waals surface area contributed by atoms with Crippen molar-refractivity contribution >= 4 is 65.4 Å². The lowest BCUT2D eigenvalue weighted by Gasteiger charge is -2.19. The first-order valence-corrected chi connectivity index (χ1v) is 23.8. The fourth-order valence-electron chi connectivity index (χ4n) is 11.4. The van der Waals surface area contributed by atoms with Gasteiger partial charge in [-0.15, -0.1) is 0 Å². The Balaban J connectivity index is 1.06. The highest BCUT2D eigenvalue weighted by Gasteiger charge is 2.25. The predicted molar refractivity (Wildman–Crippen MR) is 291 cm³/mol. The lowest BCUT2D eigenvalue weighted by atomic mass is 9.95. The third-order valence-electron chi connectivity index (χ3n) is 14.3. The van der Waals surface area contributed by atoms with Crippen LogP contribution in [0.3, 0.4) is 0 Å². The van der Waals surface area contributed by atoms with Crippen molar-refractivity contribution in [3.63, 3.8) is 0 Å². The first-order chi connectivity index (χ1) is 34.3. The van der Waals surface area contributed by atoms with Crippen LogP contribution in [0.15, 0.2) is 261 Å². The van der Waals surface area contributed by atoms with Crippen molar-refractivity contribution < 1.29 is 0 Å². The van der Waals surface area contributed by atoms with Gasteiger partial charge in [0.15, 0.2) is 0 Å². The van der Waals surface area contributed by atoms with E-state index in [9.17, 15) is 0 Å². The first-order valence-electron chi connectivity index (χ1n) is 23.8. The van der Waals surface area contributed by atoms with Crippen LogP contribution in [0.25, 0.3) is 127 Å². The van der Waals surface area contributed by atoms with Gasteiger partial charge in [-0.25, -0.2) is 0 Å². The molecule has 0 fully saturated rings. The molecular weight excluding hydrogens is 835 g/mol. The van der Waals surface area contributed by atoms with Gasteiger partial charge in [-0.05, 0) is 64.7 Å². The Morgan fingerprint density at radius 2 is 0.609 bits per heavy atom. The van der Waals surface area contributed by atoms with E-state index in [4.69, 9.17) is 0 Å². The minimum absolute atomic E-state index is 1.13. The second-order valence-electron chi connectivity index (χ2n) is 17.9. The molecule has 3 heterocycles. The maximum Gasteiger partial charge on any atom is 0.0641 e. The SMILES string of the molecule is c1ccc(-c2ccccc2-n2c3ccccc3c3ccc4c(c5ccccc5n4-c4ccccc4-c4cccc5c4c4ccccc4n5-c4c(-c5ccccc5)cccc4-c4ccccc4)c32)cc1. The smallest absolute Gasteiger partial charge is 0.0641 e. The Morgan fingerprint density at radius 1 is 0.203 bits per heavy atom. The normalized spacial score (nSPS) is 11.8. The van der Waals surface area contributed by atoms with Crippen molar-refractivity contribution in [1.29, 1.82) is 0 Å². The molecule has 322 valence electrons. The summed E-state index contributed by atoms with van der Waals surface area (Å²) in [6.07, 6.45) is 0. The summed E-state index contributed by atoms with van der Waals surface area (Å²) in [6, 6.07) is 95.4. The van der Waals surface area contributed by atoms with E-state index in [2.05, 4.69) is 275 Å². The van der Waals surface area contributed by atoms with Crippen LogP contribution in [0.2, 0.25) is 0 Å². The maximum absolute atomic E-state index is 2.52. The van der Waals surface area contributed by atoms with Crippen LogP contribution in [0.1, 0.15) is 0 Å². The standard InChI is InChI=1S/C66H43N3/c1-4-22-44(23-5-1)47-28-10-15-36-56(47)68-58-38-17-12-30-51(58)53-42-43-62-64(66(53)68)55-32-14-18-39-59(55)67(62)57-37-16-11-29-50(57)52-35-21-41-61-63(52)54-31-13-19-40-60(54)69(61)65-48(45-24-6-2-7-25-45)33-20-34-49(65)46-26-8-3-9-27-46/h1-43H. The Kier molecular flexibility index (Phi) is 8.90. The molecule has 0 unspecified atom stereocenters. The largest absolute Gasteiger partial charge is 0.309 e. The van der Waals surface area contributed by atoms with Gasteiger partial charge in [0, 0.05) is 54.6 Å². The van der Waals surface area contributed by atoms with Crippen molar-refractivity contribution in [2.24, 2.45) is 0 Å². The monoisotopic (exact) mass is 877 g/mol. The number of hydrogen-bond donors (Lipinski definition) is 0. The molecule has 0 bridgehead atoms. The van der Waals surface area contributed by atoms with Crippen LogP contribution in [0.5, 0.6) is 0 Å². The average Bonchev–Trinajstić information content (AvgIpc) is 4.07. The highest BCUT2D eigenvalue weighted by Crippen LogP contribution is 2.47. The summed E-state index contributed by atoms with van der Waals surface area (Å²) in [7, 11) is 0. The molecule has 0 aliphatic rings. The minimum Gasteiger partial charge on any atom is -0.309 e. The second kappa shape index (κ2) is 15.7. The zero-order chi connectivity index (χ0) is 45.4. The van der Waals surface area contributed by atoms with Crippen LogP contribution in [0, 0.1) is 0 Å². The molecule has 3 heteroatoms. The maximum atomic E-state index is 2.52. The molecule has 0 saturated heterocycles. The molecule has 11 aromatic carbocycles. The van der Waals surface area contributed by atoms with E-state index in [1.54, 1.807) is 0 Å². The number of fused-ring (bicyclic) bond motifs is 10. The van der Waals surface area contributed by atoms with Gasteiger partial charge >= 0.3 is 0 Å². The van der Waals surface area contributed by atoms with Crippen LogP contribution in [-0.2, 0) is 0 Å². The third-order valence-corrected chi connectivity index (χ3v) is 14.3. The highest BCUT2D eigenvalue weighted by atomic mass is 15.0. The van der Waals surface area contributed by atoms with Crippen LogP contribution < -0.4 is 0 Å². The summed E-state index contributed by atoms with van der Waals surface area (Å²) in [5, 5.41) is 7.36. The number of para-hydroxylation sites is 6. The molecule has 0 N–H and O–H groups in total. The fraction of sp³-hybridized carbons (Fsp3) is 0. The number of aromatic nitrogens is 3. The predicted octanol–water partition coefficient (Wildman–Crippen LogP) is 17.6. The van der Waals surface area contributed by atoms with Crippen molar-refractivity contribution in [2.45, 2.75) is 0 Å². The summed E-state index contributed by atoms with van der Waals surface area (Å²) in [6.45, 7) is 0. The number of benzene rings is 11. The molecule has 3 nitrogen and oxygen atoms in total. The van der Waals surface area contributed by atoms with Crippen molar-refractivity contribution in [2.75, 3.05) is 0 Å². The van der Waals surface area contributed by atoms with E-state index >= 15 is 0 Å². The summed E-state index contributed by atoms with van der Waals surface area (Å²) < 4.78 is 7.55. The number of hydrogen-bond acceptors (Lipinski definition) is 0. The molecule has 0 saturated carbocycles. The summed E-state index contributed by atoms with van der Waals surface area (Å²) in [4.78, 5) is 0. The fourth-order valence-corrected chi connectivity index (χ4v) is 11.4. The number of nitrogens with zero attached hydrogens (tertiary/aromatic N) is 3. The molecule has 14 rings (SSSR count). The molecule has 0 amide bonds. The Labute approximate surface area is 399 Å². The van der Waals surface area contributed by atoms with Gasteiger partial charge in [0.25, 0.3) is 0 Å². The van der Waals surface area contributed by atoms with Crippen LogP contribution in [-0.4, -0.2) is 13.7 Å². The van der Waals surface area contributed by atoms with E-state index in [1.807, 2.05) is 0 Å². The average molecular weight is 878 g/mol. The Hall–Kier alpha value is -9.18. The minimum atomic E-state index is 1.13. The van der Waals surface area contributed by atoms with Gasteiger partial charge < -0.3 is 13.7 Å². The van der Waals surface area contributed by atoms with Crippen LogP contribution in [0.4, 0.5) is 0 Å². The molecule has 69 heavy (non-hydrogen) atoms. The molecule has 0 aliphatic heterocycles. The van der Waals surface area contributed by atoms with E-state index in [0.29, 0.717) is 0 Å². The summed E-state index contributed by atoms with van der Waals surface area (Å²) >= 11 is 0. The number of rotatable bonds is 7. The van der Waals surface area contributed by atoms with Gasteiger partial charge in [0.05, 0.1) is 50.2 Å². The van der Waals surface area contributed by atoms with Gasteiger partial charge in [-0.3, -0.25) is 0 Å². The Bertz CT molecular complexity index is 4230. The zero-order valence-corrected chi connectivity index (χ0v) is 37.7. The second-order valence-corrected chi connectivity index (χ2v) is 17.9. The molecular formula is C66H43N3. The summed E-state index contributed by atoms with van der Waals surface area (Å²) in [5.74, 6) is 0. The van der Waals surface area contributed by atoms with E-state index in [1.165, 1.54) is 105 Å². The highest BCUT2D eigenvalue weighted by molar-refractivity contribution is 6.27. The first kappa shape index (κ1) is 39.0. The van der Waals surface area contributed by atoms with Gasteiger partial charge in [-0.1, -0.05) is 218 Å². The summed E-state index contributed by atoms with van der Waals surface area (Å²) in [5.41, 5.74) is 20.0.